The molecule has 0 spiro atoms. The van der Waals surface area contributed by atoms with Gasteiger partial charge >= 0.3 is 5.97 Å². The van der Waals surface area contributed by atoms with Crippen molar-refractivity contribution in [3.8, 4) is 0 Å². The highest BCUT2D eigenvalue weighted by Crippen LogP contribution is 2.27. The molecule has 1 unspecified atom stereocenters. The molecule has 0 bridgehead atoms. The number of hydrogen-bond acceptors (Lipinski definition) is 4. The Labute approximate surface area is 92.4 Å². The summed E-state index contributed by atoms with van der Waals surface area (Å²) in [5.41, 5.74) is -0.101. The van der Waals surface area contributed by atoms with Crippen molar-refractivity contribution in [3.63, 3.8) is 0 Å². The predicted molar refractivity (Wildman–Crippen MR) is 53.4 cm³/mol. The van der Waals surface area contributed by atoms with Gasteiger partial charge in [-0.15, -0.1) is 0 Å². The molecule has 0 aliphatic carbocycles. The topological polar surface area (TPSA) is 101 Å². The third-order valence-electron chi connectivity index (χ3n) is 1.72. The maximum Gasteiger partial charge on any atom is 0.337 e. The van der Waals surface area contributed by atoms with E-state index in [-0.39, 0.29) is 15.7 Å². The Bertz CT molecular complexity index is 419. The summed E-state index contributed by atoms with van der Waals surface area (Å²) in [5, 5.41) is 28.1. The fourth-order valence-corrected chi connectivity index (χ4v) is 1.53. The van der Waals surface area contributed by atoms with Crippen LogP contribution in [0.15, 0.2) is 22.7 Å². The van der Waals surface area contributed by atoms with Crippen molar-refractivity contribution in [1.29, 1.82) is 0 Å². The molecular formula is C8H6BrNO5. The molecule has 0 aliphatic rings. The van der Waals surface area contributed by atoms with Crippen LogP contribution in [0.25, 0.3) is 0 Å². The first-order chi connectivity index (χ1) is 6.93. The minimum Gasteiger partial charge on any atom is -0.479 e. The lowest BCUT2D eigenvalue weighted by molar-refractivity contribution is -0.385. The Morgan fingerprint density at radius 1 is 1.53 bits per heavy atom. The van der Waals surface area contributed by atoms with E-state index < -0.39 is 17.0 Å². The average Bonchev–Trinajstić information content (AvgIpc) is 2.15. The maximum atomic E-state index is 10.4. The molecule has 0 amide bonds. The molecular weight excluding hydrogens is 270 g/mol. The van der Waals surface area contributed by atoms with Crippen LogP contribution in [0.5, 0.6) is 0 Å². The number of nitro benzene ring substituents is 1. The SMILES string of the molecule is O=C(O)C(O)c1ccc([N+](=O)[O-])c(Br)c1. The Hall–Kier alpha value is -1.47. The molecule has 0 aromatic heterocycles. The molecule has 0 aliphatic heterocycles. The van der Waals surface area contributed by atoms with Gasteiger partial charge in [0.15, 0.2) is 6.10 Å². The van der Waals surface area contributed by atoms with Gasteiger partial charge in [0.25, 0.3) is 5.69 Å². The minimum atomic E-state index is -1.68. The minimum absolute atomic E-state index is 0.0833. The lowest BCUT2D eigenvalue weighted by Crippen LogP contribution is -2.10. The van der Waals surface area contributed by atoms with Crippen LogP contribution in [0.1, 0.15) is 11.7 Å². The first kappa shape index (κ1) is 11.6. The van der Waals surface area contributed by atoms with Crippen molar-refractivity contribution >= 4 is 27.6 Å². The van der Waals surface area contributed by atoms with Crippen LogP contribution < -0.4 is 0 Å². The largest absolute Gasteiger partial charge is 0.479 e. The Morgan fingerprint density at radius 3 is 2.53 bits per heavy atom. The summed E-state index contributed by atoms with van der Waals surface area (Å²) in [4.78, 5) is 20.3. The van der Waals surface area contributed by atoms with Gasteiger partial charge in [0.05, 0.1) is 9.40 Å². The summed E-state index contributed by atoms with van der Waals surface area (Å²) in [5.74, 6) is -1.41. The molecule has 0 saturated heterocycles. The molecule has 1 atom stereocenters. The van der Waals surface area contributed by atoms with Crippen molar-refractivity contribution in [2.75, 3.05) is 0 Å². The second-order valence-electron chi connectivity index (χ2n) is 2.71. The van der Waals surface area contributed by atoms with E-state index in [4.69, 9.17) is 10.2 Å². The third kappa shape index (κ3) is 2.51. The molecule has 7 heteroatoms. The Balaban J connectivity index is 3.12. The van der Waals surface area contributed by atoms with Crippen LogP contribution in [0.4, 0.5) is 5.69 Å². The fourth-order valence-electron chi connectivity index (χ4n) is 0.984. The zero-order valence-corrected chi connectivity index (χ0v) is 8.84. The van der Waals surface area contributed by atoms with Gasteiger partial charge < -0.3 is 10.2 Å². The molecule has 1 aromatic rings. The van der Waals surface area contributed by atoms with E-state index in [2.05, 4.69) is 15.9 Å². The number of aliphatic carboxylic acids is 1. The molecule has 15 heavy (non-hydrogen) atoms. The highest BCUT2D eigenvalue weighted by molar-refractivity contribution is 9.10. The van der Waals surface area contributed by atoms with Crippen molar-refractivity contribution in [2.24, 2.45) is 0 Å². The smallest absolute Gasteiger partial charge is 0.337 e. The highest BCUT2D eigenvalue weighted by Gasteiger charge is 2.19. The molecule has 0 heterocycles. The van der Waals surface area contributed by atoms with Crippen LogP contribution in [0.2, 0.25) is 0 Å². The zero-order chi connectivity index (χ0) is 11.6. The van der Waals surface area contributed by atoms with E-state index in [1.165, 1.54) is 12.1 Å². The van der Waals surface area contributed by atoms with Gasteiger partial charge in [-0.05, 0) is 33.6 Å². The lowest BCUT2D eigenvalue weighted by Gasteiger charge is -2.05. The standard InChI is InChI=1S/C8H6BrNO5/c9-5-3-4(7(11)8(12)13)1-2-6(5)10(14)15/h1-3,7,11H,(H,12,13). The molecule has 1 rings (SSSR count). The number of nitro groups is 1. The van der Waals surface area contributed by atoms with E-state index in [0.717, 1.165) is 6.07 Å². The first-order valence-electron chi connectivity index (χ1n) is 3.78. The molecule has 2 N–H and O–H groups in total. The van der Waals surface area contributed by atoms with Gasteiger partial charge in [-0.1, -0.05) is 0 Å². The Kier molecular flexibility index (Phi) is 3.38. The summed E-state index contributed by atoms with van der Waals surface area (Å²) in [6.07, 6.45) is -1.68. The number of carboxylic acid groups (broad SMARTS) is 1. The number of carboxylic acids is 1. The quantitative estimate of drug-likeness (QED) is 0.643. The van der Waals surface area contributed by atoms with E-state index in [1.54, 1.807) is 0 Å². The highest BCUT2D eigenvalue weighted by atomic mass is 79.9. The summed E-state index contributed by atoms with van der Waals surface area (Å²) in [6.45, 7) is 0. The van der Waals surface area contributed by atoms with E-state index in [9.17, 15) is 14.9 Å². The number of aliphatic hydroxyl groups excluding tert-OH is 1. The maximum absolute atomic E-state index is 10.4. The van der Waals surface area contributed by atoms with Gasteiger partial charge in [0, 0.05) is 6.07 Å². The molecule has 6 nitrogen and oxygen atoms in total. The lowest BCUT2D eigenvalue weighted by atomic mass is 10.1. The number of halogens is 1. The summed E-state index contributed by atoms with van der Waals surface area (Å²) >= 11 is 2.92. The van der Waals surface area contributed by atoms with Gasteiger partial charge in [-0.3, -0.25) is 10.1 Å². The van der Waals surface area contributed by atoms with E-state index in [0.29, 0.717) is 0 Å². The first-order valence-corrected chi connectivity index (χ1v) is 4.57. The summed E-state index contributed by atoms with van der Waals surface area (Å²) in [7, 11) is 0. The average molecular weight is 276 g/mol. The van der Waals surface area contributed by atoms with Crippen LogP contribution in [-0.2, 0) is 4.79 Å². The van der Waals surface area contributed by atoms with Crippen LogP contribution in [0.3, 0.4) is 0 Å². The summed E-state index contributed by atoms with van der Waals surface area (Å²) < 4.78 is 0.130. The number of carbonyl (C=O) groups is 1. The predicted octanol–water partition coefficient (Wildman–Crippen LogP) is 1.48. The van der Waals surface area contributed by atoms with Crippen LogP contribution >= 0.6 is 15.9 Å². The van der Waals surface area contributed by atoms with Crippen LogP contribution in [-0.4, -0.2) is 21.1 Å². The van der Waals surface area contributed by atoms with Gasteiger partial charge in [0.2, 0.25) is 0 Å². The second-order valence-corrected chi connectivity index (χ2v) is 3.56. The van der Waals surface area contributed by atoms with Crippen molar-refractivity contribution < 1.29 is 19.9 Å². The third-order valence-corrected chi connectivity index (χ3v) is 2.35. The zero-order valence-electron chi connectivity index (χ0n) is 7.25. The van der Waals surface area contributed by atoms with Gasteiger partial charge in [-0.25, -0.2) is 4.79 Å². The van der Waals surface area contributed by atoms with Crippen molar-refractivity contribution in [1.82, 2.24) is 0 Å². The monoisotopic (exact) mass is 275 g/mol. The van der Waals surface area contributed by atoms with Crippen LogP contribution in [0, 0.1) is 10.1 Å². The Morgan fingerprint density at radius 2 is 2.13 bits per heavy atom. The van der Waals surface area contributed by atoms with E-state index in [1.807, 2.05) is 0 Å². The van der Waals surface area contributed by atoms with Gasteiger partial charge in [0.1, 0.15) is 0 Å². The molecule has 0 saturated carbocycles. The van der Waals surface area contributed by atoms with Crippen molar-refractivity contribution in [3.05, 3.63) is 38.3 Å². The second kappa shape index (κ2) is 4.37. The van der Waals surface area contributed by atoms with Gasteiger partial charge in [-0.2, -0.15) is 0 Å². The van der Waals surface area contributed by atoms with E-state index >= 15 is 0 Å². The number of rotatable bonds is 3. The molecule has 0 radical (unpaired) electrons. The van der Waals surface area contributed by atoms with Crippen molar-refractivity contribution in [2.45, 2.75) is 6.10 Å². The molecule has 1 aromatic carbocycles. The normalized spacial score (nSPS) is 12.1. The summed E-state index contributed by atoms with van der Waals surface area (Å²) in [6, 6.07) is 3.53. The number of aliphatic hydroxyl groups is 1. The number of nitrogens with zero attached hydrogens (tertiary/aromatic N) is 1. The number of benzene rings is 1. The fraction of sp³-hybridized carbons (Fsp3) is 0.125. The molecule has 0 fully saturated rings. The molecule has 80 valence electrons. The number of hydrogen-bond donors (Lipinski definition) is 2.